The van der Waals surface area contributed by atoms with Crippen LogP contribution in [0.15, 0.2) is 16.6 Å². The van der Waals surface area contributed by atoms with Crippen LogP contribution in [0, 0.1) is 0 Å². The summed E-state index contributed by atoms with van der Waals surface area (Å²) in [4.78, 5) is 21.9. The molecule has 0 aliphatic rings. The lowest BCUT2D eigenvalue weighted by Crippen LogP contribution is -2.06. The first-order valence-corrected chi connectivity index (χ1v) is 6.59. The van der Waals surface area contributed by atoms with E-state index in [0.29, 0.717) is 22.4 Å². The lowest BCUT2D eigenvalue weighted by Gasteiger charge is -2.13. The van der Waals surface area contributed by atoms with Crippen LogP contribution in [0.1, 0.15) is 23.2 Å². The average molecular weight is 347 g/mol. The van der Waals surface area contributed by atoms with Gasteiger partial charge in [-0.2, -0.15) is 0 Å². The summed E-state index contributed by atoms with van der Waals surface area (Å²) in [6, 6.07) is 2.81. The van der Waals surface area contributed by atoms with Crippen LogP contribution in [-0.2, 0) is 9.53 Å². The molecule has 0 bridgehead atoms. The molecule has 110 valence electrons. The van der Waals surface area contributed by atoms with E-state index in [1.165, 1.54) is 26.4 Å². The van der Waals surface area contributed by atoms with E-state index in [0.717, 1.165) is 0 Å². The molecule has 0 amide bonds. The van der Waals surface area contributed by atoms with Gasteiger partial charge in [0, 0.05) is 6.42 Å². The summed E-state index contributed by atoms with van der Waals surface area (Å²) in [5.74, 6) is -0.640. The van der Waals surface area contributed by atoms with Crippen LogP contribution in [-0.4, -0.2) is 37.9 Å². The second kappa shape index (κ2) is 7.74. The zero-order valence-electron chi connectivity index (χ0n) is 11.1. The van der Waals surface area contributed by atoms with Gasteiger partial charge in [-0.3, -0.25) is 4.79 Å². The van der Waals surface area contributed by atoms with Crippen LogP contribution < -0.4 is 9.47 Å². The van der Waals surface area contributed by atoms with Gasteiger partial charge < -0.3 is 19.3 Å². The Balaban J connectivity index is 2.74. The lowest BCUT2D eigenvalue weighted by molar-refractivity contribution is -0.140. The van der Waals surface area contributed by atoms with Crippen LogP contribution in [0.4, 0.5) is 0 Å². The summed E-state index contributed by atoms with van der Waals surface area (Å²) in [6.45, 7) is 0.288. The largest absolute Gasteiger partial charge is 0.493 e. The molecule has 0 aliphatic carbocycles. The maximum Gasteiger partial charge on any atom is 0.335 e. The molecule has 0 aliphatic heterocycles. The smallest absolute Gasteiger partial charge is 0.335 e. The van der Waals surface area contributed by atoms with E-state index in [-0.39, 0.29) is 24.6 Å². The summed E-state index contributed by atoms with van der Waals surface area (Å²) in [5.41, 5.74) is 0.0932. The van der Waals surface area contributed by atoms with E-state index in [1.807, 2.05) is 0 Å². The fraction of sp³-hybridized carbons (Fsp3) is 0.385. The van der Waals surface area contributed by atoms with Crippen molar-refractivity contribution in [3.8, 4) is 11.5 Å². The number of halogens is 1. The number of benzene rings is 1. The molecule has 0 heterocycles. The number of carboxylic acid groups (broad SMARTS) is 1. The summed E-state index contributed by atoms with van der Waals surface area (Å²) in [7, 11) is 2.75. The lowest BCUT2D eigenvalue weighted by atomic mass is 10.2. The van der Waals surface area contributed by atoms with Crippen LogP contribution >= 0.6 is 15.9 Å². The molecule has 0 saturated carbocycles. The van der Waals surface area contributed by atoms with Gasteiger partial charge in [0.15, 0.2) is 11.5 Å². The number of esters is 1. The van der Waals surface area contributed by atoms with Crippen LogP contribution in [0.5, 0.6) is 11.5 Å². The van der Waals surface area contributed by atoms with E-state index in [1.54, 1.807) is 0 Å². The van der Waals surface area contributed by atoms with Crippen molar-refractivity contribution in [2.24, 2.45) is 0 Å². The Morgan fingerprint density at radius 1 is 1.30 bits per heavy atom. The Kier molecular flexibility index (Phi) is 6.30. The standard InChI is InChI=1S/C13H15BrO6/c1-18-10-7-8(13(16)17)6-9(14)12(10)20-5-3-4-11(15)19-2/h6-7H,3-5H2,1-2H3,(H,16,17). The Morgan fingerprint density at radius 3 is 2.55 bits per heavy atom. The second-order valence-electron chi connectivity index (χ2n) is 3.82. The third kappa shape index (κ3) is 4.41. The maximum atomic E-state index is 11.0. The molecule has 6 nitrogen and oxygen atoms in total. The van der Waals surface area contributed by atoms with Crippen molar-refractivity contribution in [1.82, 2.24) is 0 Å². The number of methoxy groups -OCH3 is 2. The van der Waals surface area contributed by atoms with Gasteiger partial charge in [0.25, 0.3) is 0 Å². The Hall–Kier alpha value is -1.76. The number of hydrogen-bond acceptors (Lipinski definition) is 5. The van der Waals surface area contributed by atoms with E-state index >= 15 is 0 Å². The number of ether oxygens (including phenoxy) is 3. The number of hydrogen-bond donors (Lipinski definition) is 1. The van der Waals surface area contributed by atoms with Crippen molar-refractivity contribution < 1.29 is 28.9 Å². The number of carbonyl (C=O) groups excluding carboxylic acids is 1. The van der Waals surface area contributed by atoms with Crippen molar-refractivity contribution in [3.63, 3.8) is 0 Å². The summed E-state index contributed by atoms with van der Waals surface area (Å²) >= 11 is 3.24. The SMILES string of the molecule is COC(=O)CCCOc1c(Br)cc(C(=O)O)cc1OC. The minimum Gasteiger partial charge on any atom is -0.493 e. The van der Waals surface area contributed by atoms with Gasteiger partial charge in [-0.25, -0.2) is 4.79 Å². The van der Waals surface area contributed by atoms with Gasteiger partial charge in [-0.15, -0.1) is 0 Å². The third-order valence-electron chi connectivity index (χ3n) is 2.48. The quantitative estimate of drug-likeness (QED) is 0.603. The first-order valence-electron chi connectivity index (χ1n) is 5.80. The Labute approximate surface area is 124 Å². The molecule has 0 atom stereocenters. The molecule has 0 unspecified atom stereocenters. The average Bonchev–Trinajstić information content (AvgIpc) is 2.43. The van der Waals surface area contributed by atoms with Crippen molar-refractivity contribution in [2.45, 2.75) is 12.8 Å². The van der Waals surface area contributed by atoms with Gasteiger partial charge in [0.05, 0.1) is 30.9 Å². The first kappa shape index (κ1) is 16.3. The zero-order valence-corrected chi connectivity index (χ0v) is 12.7. The van der Waals surface area contributed by atoms with Gasteiger partial charge >= 0.3 is 11.9 Å². The number of carbonyl (C=O) groups is 2. The Morgan fingerprint density at radius 2 is 2.00 bits per heavy atom. The van der Waals surface area contributed by atoms with E-state index in [2.05, 4.69) is 20.7 Å². The van der Waals surface area contributed by atoms with Crippen molar-refractivity contribution in [3.05, 3.63) is 22.2 Å². The van der Waals surface area contributed by atoms with Crippen LogP contribution in [0.3, 0.4) is 0 Å². The molecular formula is C13H15BrO6. The zero-order chi connectivity index (χ0) is 15.1. The Bertz CT molecular complexity index is 500. The second-order valence-corrected chi connectivity index (χ2v) is 4.68. The summed E-state index contributed by atoms with van der Waals surface area (Å²) in [5, 5.41) is 8.95. The molecule has 0 radical (unpaired) electrons. The molecule has 0 spiro atoms. The minimum absolute atomic E-state index is 0.0932. The highest BCUT2D eigenvalue weighted by Crippen LogP contribution is 2.36. The molecule has 7 heteroatoms. The highest BCUT2D eigenvalue weighted by atomic mass is 79.9. The van der Waals surface area contributed by atoms with Gasteiger partial charge in [0.1, 0.15) is 0 Å². The third-order valence-corrected chi connectivity index (χ3v) is 3.06. The van der Waals surface area contributed by atoms with Crippen molar-refractivity contribution in [1.29, 1.82) is 0 Å². The summed E-state index contributed by atoms with van der Waals surface area (Å²) < 4.78 is 15.6. The van der Waals surface area contributed by atoms with Gasteiger partial charge in [-0.05, 0) is 34.5 Å². The van der Waals surface area contributed by atoms with E-state index in [4.69, 9.17) is 14.6 Å². The molecule has 1 N–H and O–H groups in total. The molecule has 0 saturated heterocycles. The number of rotatable bonds is 7. The molecule has 0 aromatic heterocycles. The fourth-order valence-corrected chi connectivity index (χ4v) is 2.03. The van der Waals surface area contributed by atoms with E-state index < -0.39 is 5.97 Å². The predicted molar refractivity (Wildman–Crippen MR) is 74.4 cm³/mol. The molecule has 1 aromatic rings. The highest BCUT2D eigenvalue weighted by molar-refractivity contribution is 9.10. The van der Waals surface area contributed by atoms with Crippen LogP contribution in [0.2, 0.25) is 0 Å². The molecular weight excluding hydrogens is 332 g/mol. The number of carboxylic acids is 1. The highest BCUT2D eigenvalue weighted by Gasteiger charge is 2.15. The predicted octanol–water partition coefficient (Wildman–Crippen LogP) is 2.49. The van der Waals surface area contributed by atoms with Crippen molar-refractivity contribution in [2.75, 3.05) is 20.8 Å². The molecule has 20 heavy (non-hydrogen) atoms. The fourth-order valence-electron chi connectivity index (χ4n) is 1.48. The minimum atomic E-state index is -1.05. The summed E-state index contributed by atoms with van der Waals surface area (Å²) in [6.07, 6.45) is 0.743. The molecule has 1 rings (SSSR count). The van der Waals surface area contributed by atoms with Gasteiger partial charge in [-0.1, -0.05) is 0 Å². The molecule has 0 fully saturated rings. The topological polar surface area (TPSA) is 82.1 Å². The number of aromatic carboxylic acids is 1. The molecule has 1 aromatic carbocycles. The maximum absolute atomic E-state index is 11.0. The van der Waals surface area contributed by atoms with Crippen LogP contribution in [0.25, 0.3) is 0 Å². The van der Waals surface area contributed by atoms with E-state index in [9.17, 15) is 9.59 Å². The first-order chi connectivity index (χ1) is 9.49. The normalized spacial score (nSPS) is 9.95. The monoisotopic (exact) mass is 346 g/mol. The van der Waals surface area contributed by atoms with Crippen molar-refractivity contribution >= 4 is 27.9 Å². The van der Waals surface area contributed by atoms with Gasteiger partial charge in [0.2, 0.25) is 0 Å².